The van der Waals surface area contributed by atoms with E-state index < -0.39 is 12.1 Å². The Kier molecular flexibility index (Phi) is 6.67. The number of nitrogens with one attached hydrogen (secondary N) is 2. The highest BCUT2D eigenvalue weighted by Crippen LogP contribution is 2.33. The third-order valence-corrected chi connectivity index (χ3v) is 5.79. The lowest BCUT2D eigenvalue weighted by molar-refractivity contribution is -0.124. The van der Waals surface area contributed by atoms with Gasteiger partial charge in [-0.25, -0.2) is 4.79 Å². The second kappa shape index (κ2) is 9.20. The van der Waals surface area contributed by atoms with E-state index in [2.05, 4.69) is 27.7 Å². The van der Waals surface area contributed by atoms with Crippen LogP contribution >= 0.6 is 0 Å². The van der Waals surface area contributed by atoms with Crippen LogP contribution in [0.2, 0.25) is 0 Å². The number of hydrogen-bond acceptors (Lipinski definition) is 4. The van der Waals surface area contributed by atoms with Crippen molar-refractivity contribution in [3.63, 3.8) is 0 Å². The minimum absolute atomic E-state index is 0.289. The molecule has 2 aromatic carbocycles. The van der Waals surface area contributed by atoms with Gasteiger partial charge in [-0.15, -0.1) is 0 Å². The topological polar surface area (TPSA) is 87.5 Å². The fourth-order valence-electron chi connectivity index (χ4n) is 4.03. The van der Waals surface area contributed by atoms with E-state index in [1.54, 1.807) is 0 Å². The van der Waals surface area contributed by atoms with Gasteiger partial charge >= 0.3 is 6.03 Å². The van der Waals surface area contributed by atoms with Crippen molar-refractivity contribution in [1.82, 2.24) is 10.2 Å². The highest BCUT2D eigenvalue weighted by molar-refractivity contribution is 6.03. The molecule has 1 heterocycles. The van der Waals surface area contributed by atoms with Gasteiger partial charge in [0, 0.05) is 24.7 Å². The van der Waals surface area contributed by atoms with Crippen LogP contribution in [0.1, 0.15) is 29.5 Å². The molecule has 1 aliphatic heterocycles. The third-order valence-electron chi connectivity index (χ3n) is 5.79. The standard InChI is InChI=1S/C23H30N4O2/c1-15-9-10-21(16(2)11-15)25-23(29)26-22(28)17(3)27-13-19(12-24)20(14-27)18-7-5-4-6-8-18/h4-11,17,19-20H,12-14,24H2,1-3H3,(H2,25,26,28,29)/t17?,19-,20+/m1/s1. The Labute approximate surface area is 172 Å². The molecule has 1 saturated heterocycles. The number of hydrogen-bond donors (Lipinski definition) is 3. The second-order valence-corrected chi connectivity index (χ2v) is 7.90. The molecule has 1 fully saturated rings. The molecule has 6 nitrogen and oxygen atoms in total. The monoisotopic (exact) mass is 394 g/mol. The van der Waals surface area contributed by atoms with E-state index in [1.165, 1.54) is 5.56 Å². The lowest BCUT2D eigenvalue weighted by Gasteiger charge is -2.23. The third kappa shape index (κ3) is 5.02. The van der Waals surface area contributed by atoms with Gasteiger partial charge in [-0.2, -0.15) is 0 Å². The highest BCUT2D eigenvalue weighted by atomic mass is 16.2. The van der Waals surface area contributed by atoms with E-state index in [-0.39, 0.29) is 11.8 Å². The number of nitrogens with zero attached hydrogens (tertiary/aromatic N) is 1. The fourth-order valence-corrected chi connectivity index (χ4v) is 4.03. The zero-order chi connectivity index (χ0) is 21.0. The summed E-state index contributed by atoms with van der Waals surface area (Å²) in [5.41, 5.74) is 10.0. The first-order valence-corrected chi connectivity index (χ1v) is 10.1. The first-order chi connectivity index (χ1) is 13.9. The zero-order valence-electron chi connectivity index (χ0n) is 17.3. The predicted molar refractivity (Wildman–Crippen MR) is 116 cm³/mol. The minimum atomic E-state index is -0.511. The molecule has 2 aromatic rings. The van der Waals surface area contributed by atoms with Crippen molar-refractivity contribution in [2.24, 2.45) is 11.7 Å². The summed E-state index contributed by atoms with van der Waals surface area (Å²) in [7, 11) is 0. The summed E-state index contributed by atoms with van der Waals surface area (Å²) in [5, 5.41) is 5.23. The summed E-state index contributed by atoms with van der Waals surface area (Å²) in [6.45, 7) is 7.81. The van der Waals surface area contributed by atoms with Gasteiger partial charge < -0.3 is 11.1 Å². The molecule has 4 N–H and O–H groups in total. The van der Waals surface area contributed by atoms with E-state index in [0.29, 0.717) is 18.2 Å². The fraction of sp³-hybridized carbons (Fsp3) is 0.391. The number of aryl methyl sites for hydroxylation is 2. The Balaban J connectivity index is 1.60. The Bertz CT molecular complexity index is 868. The van der Waals surface area contributed by atoms with Gasteiger partial charge in [-0.1, -0.05) is 48.0 Å². The van der Waals surface area contributed by atoms with Gasteiger partial charge in [-0.3, -0.25) is 15.0 Å². The molecule has 1 unspecified atom stereocenters. The number of imide groups is 1. The maximum Gasteiger partial charge on any atom is 0.325 e. The molecule has 0 radical (unpaired) electrons. The van der Waals surface area contributed by atoms with E-state index in [9.17, 15) is 9.59 Å². The minimum Gasteiger partial charge on any atom is -0.330 e. The molecule has 3 rings (SSSR count). The van der Waals surface area contributed by atoms with Crippen LogP contribution in [0.5, 0.6) is 0 Å². The zero-order valence-corrected chi connectivity index (χ0v) is 17.3. The van der Waals surface area contributed by atoms with Gasteiger partial charge in [0.15, 0.2) is 0 Å². The Hall–Kier alpha value is -2.70. The number of carbonyl (C=O) groups is 2. The summed E-state index contributed by atoms with van der Waals surface area (Å²) in [4.78, 5) is 27.1. The smallest absolute Gasteiger partial charge is 0.325 e. The Morgan fingerprint density at radius 2 is 1.86 bits per heavy atom. The molecule has 0 spiro atoms. The number of urea groups is 1. The number of carbonyl (C=O) groups excluding carboxylic acids is 2. The Morgan fingerprint density at radius 3 is 2.52 bits per heavy atom. The van der Waals surface area contributed by atoms with E-state index in [0.717, 1.165) is 24.2 Å². The van der Waals surface area contributed by atoms with Crippen LogP contribution in [0.3, 0.4) is 0 Å². The van der Waals surface area contributed by atoms with Crippen molar-refractivity contribution < 1.29 is 9.59 Å². The Morgan fingerprint density at radius 1 is 1.14 bits per heavy atom. The van der Waals surface area contributed by atoms with Gasteiger partial charge in [-0.05, 0) is 50.4 Å². The molecular weight excluding hydrogens is 364 g/mol. The quantitative estimate of drug-likeness (QED) is 0.727. The largest absolute Gasteiger partial charge is 0.330 e. The van der Waals surface area contributed by atoms with Crippen molar-refractivity contribution in [2.75, 3.05) is 25.0 Å². The summed E-state index contributed by atoms with van der Waals surface area (Å²) in [6, 6.07) is 15.1. The first kappa shape index (κ1) is 21.0. The number of likely N-dealkylation sites (tertiary alicyclic amines) is 1. The maximum atomic E-state index is 12.7. The average molecular weight is 395 g/mol. The molecule has 3 amide bonds. The molecule has 154 valence electrons. The van der Waals surface area contributed by atoms with Crippen molar-refractivity contribution in [1.29, 1.82) is 0 Å². The number of anilines is 1. The van der Waals surface area contributed by atoms with E-state index in [4.69, 9.17) is 5.73 Å². The molecule has 1 aliphatic rings. The van der Waals surface area contributed by atoms with Crippen molar-refractivity contribution in [3.05, 3.63) is 65.2 Å². The summed E-state index contributed by atoms with van der Waals surface area (Å²) in [5.74, 6) is 0.272. The summed E-state index contributed by atoms with van der Waals surface area (Å²) < 4.78 is 0. The highest BCUT2D eigenvalue weighted by Gasteiger charge is 2.37. The summed E-state index contributed by atoms with van der Waals surface area (Å²) in [6.07, 6.45) is 0. The lowest BCUT2D eigenvalue weighted by Crippen LogP contribution is -2.47. The van der Waals surface area contributed by atoms with Crippen LogP contribution in [0.4, 0.5) is 10.5 Å². The normalized spacial score (nSPS) is 20.3. The van der Waals surface area contributed by atoms with Crippen LogP contribution in [-0.4, -0.2) is 42.5 Å². The van der Waals surface area contributed by atoms with Crippen LogP contribution in [-0.2, 0) is 4.79 Å². The number of amides is 3. The van der Waals surface area contributed by atoms with E-state index >= 15 is 0 Å². The van der Waals surface area contributed by atoms with Crippen LogP contribution in [0.25, 0.3) is 0 Å². The molecule has 3 atom stereocenters. The molecule has 0 aromatic heterocycles. The van der Waals surface area contributed by atoms with Gasteiger partial charge in [0.2, 0.25) is 5.91 Å². The maximum absolute atomic E-state index is 12.7. The SMILES string of the molecule is Cc1ccc(NC(=O)NC(=O)C(C)N2C[C@@H](CN)[C@H](c3ccccc3)C2)c(C)c1. The molecular formula is C23H30N4O2. The summed E-state index contributed by atoms with van der Waals surface area (Å²) >= 11 is 0. The van der Waals surface area contributed by atoms with Crippen molar-refractivity contribution in [3.8, 4) is 0 Å². The number of benzene rings is 2. The van der Waals surface area contributed by atoms with Crippen LogP contribution < -0.4 is 16.4 Å². The van der Waals surface area contributed by atoms with Crippen LogP contribution in [0.15, 0.2) is 48.5 Å². The molecule has 0 bridgehead atoms. The van der Waals surface area contributed by atoms with E-state index in [1.807, 2.05) is 57.2 Å². The first-order valence-electron chi connectivity index (χ1n) is 10.1. The molecule has 6 heteroatoms. The number of rotatable bonds is 5. The number of nitrogens with two attached hydrogens (primary N) is 1. The lowest BCUT2D eigenvalue weighted by atomic mass is 9.89. The van der Waals surface area contributed by atoms with Gasteiger partial charge in [0.05, 0.1) is 6.04 Å². The van der Waals surface area contributed by atoms with Crippen molar-refractivity contribution >= 4 is 17.6 Å². The van der Waals surface area contributed by atoms with Gasteiger partial charge in [0.25, 0.3) is 0 Å². The predicted octanol–water partition coefficient (Wildman–Crippen LogP) is 3.01. The van der Waals surface area contributed by atoms with Crippen molar-refractivity contribution in [2.45, 2.75) is 32.7 Å². The molecule has 0 aliphatic carbocycles. The van der Waals surface area contributed by atoms with Gasteiger partial charge in [0.1, 0.15) is 0 Å². The average Bonchev–Trinajstić information content (AvgIpc) is 3.14. The molecule has 29 heavy (non-hydrogen) atoms. The van der Waals surface area contributed by atoms with Crippen LogP contribution in [0, 0.1) is 19.8 Å². The molecule has 0 saturated carbocycles. The second-order valence-electron chi connectivity index (χ2n) is 7.90.